The van der Waals surface area contributed by atoms with Gasteiger partial charge in [-0.05, 0) is 52.9 Å². The van der Waals surface area contributed by atoms with Gasteiger partial charge in [0, 0.05) is 12.4 Å². The molecule has 110 valence electrons. The molecule has 0 saturated heterocycles. The van der Waals surface area contributed by atoms with Crippen molar-refractivity contribution in [2.45, 2.75) is 6.42 Å². The number of halogens is 1. The molecule has 2 nitrogen and oxygen atoms in total. The van der Waals surface area contributed by atoms with E-state index in [0.29, 0.717) is 0 Å². The van der Waals surface area contributed by atoms with Crippen LogP contribution in [0.1, 0.15) is 11.1 Å². The highest BCUT2D eigenvalue weighted by molar-refractivity contribution is 5.64. The SMILES string of the molecule is COc1ccc(-c2ccc(Cc3ccncc3)cc2)cc1F. The number of ether oxygens (including phenoxy) is 1. The van der Waals surface area contributed by atoms with Gasteiger partial charge in [-0.3, -0.25) is 4.98 Å². The van der Waals surface area contributed by atoms with E-state index >= 15 is 0 Å². The molecule has 0 bridgehead atoms. The van der Waals surface area contributed by atoms with Crippen LogP contribution in [-0.4, -0.2) is 12.1 Å². The summed E-state index contributed by atoms with van der Waals surface area (Å²) in [6.45, 7) is 0. The highest BCUT2D eigenvalue weighted by Gasteiger charge is 2.05. The predicted octanol–water partition coefficient (Wildman–Crippen LogP) is 4.49. The molecule has 3 aromatic rings. The maximum absolute atomic E-state index is 13.8. The normalized spacial score (nSPS) is 10.5. The summed E-state index contributed by atoms with van der Waals surface area (Å²) in [6.07, 6.45) is 4.45. The summed E-state index contributed by atoms with van der Waals surface area (Å²) in [5.41, 5.74) is 4.26. The predicted molar refractivity (Wildman–Crippen MR) is 85.4 cm³/mol. The van der Waals surface area contributed by atoms with Gasteiger partial charge < -0.3 is 4.74 Å². The largest absolute Gasteiger partial charge is 0.494 e. The Morgan fingerprint density at radius 3 is 2.14 bits per heavy atom. The van der Waals surface area contributed by atoms with Crippen molar-refractivity contribution in [2.24, 2.45) is 0 Å². The maximum Gasteiger partial charge on any atom is 0.165 e. The Morgan fingerprint density at radius 2 is 1.50 bits per heavy atom. The molecule has 0 N–H and O–H groups in total. The molecule has 3 heteroatoms. The fraction of sp³-hybridized carbons (Fsp3) is 0.105. The van der Waals surface area contributed by atoms with Gasteiger partial charge in [-0.25, -0.2) is 4.39 Å². The standard InChI is InChI=1S/C19H16FNO/c1-22-19-7-6-17(13-18(19)20)16-4-2-14(3-5-16)12-15-8-10-21-11-9-15/h2-11,13H,12H2,1H3. The van der Waals surface area contributed by atoms with Gasteiger partial charge in [0.25, 0.3) is 0 Å². The molecule has 0 aliphatic rings. The molecular weight excluding hydrogens is 277 g/mol. The molecular formula is C19H16FNO. The van der Waals surface area contributed by atoms with Crippen molar-refractivity contribution in [3.05, 3.63) is 83.9 Å². The summed E-state index contributed by atoms with van der Waals surface area (Å²) in [7, 11) is 1.46. The molecule has 0 saturated carbocycles. The second-order valence-corrected chi connectivity index (χ2v) is 5.08. The van der Waals surface area contributed by atoms with E-state index in [4.69, 9.17) is 4.74 Å². The summed E-state index contributed by atoms with van der Waals surface area (Å²) in [6, 6.07) is 17.2. The summed E-state index contributed by atoms with van der Waals surface area (Å²) in [5.74, 6) is -0.0843. The van der Waals surface area contributed by atoms with E-state index < -0.39 is 0 Å². The second-order valence-electron chi connectivity index (χ2n) is 5.08. The van der Waals surface area contributed by atoms with Crippen molar-refractivity contribution in [2.75, 3.05) is 7.11 Å². The van der Waals surface area contributed by atoms with Crippen molar-refractivity contribution >= 4 is 0 Å². The fourth-order valence-corrected chi connectivity index (χ4v) is 2.40. The molecule has 0 spiro atoms. The van der Waals surface area contributed by atoms with E-state index in [1.807, 2.05) is 30.3 Å². The lowest BCUT2D eigenvalue weighted by Crippen LogP contribution is -1.90. The van der Waals surface area contributed by atoms with E-state index in [2.05, 4.69) is 17.1 Å². The van der Waals surface area contributed by atoms with Crippen molar-refractivity contribution in [1.29, 1.82) is 0 Å². The summed E-state index contributed by atoms with van der Waals surface area (Å²) in [4.78, 5) is 4.02. The minimum absolute atomic E-state index is 0.262. The van der Waals surface area contributed by atoms with Gasteiger partial charge in [0.1, 0.15) is 0 Å². The van der Waals surface area contributed by atoms with Gasteiger partial charge in [-0.1, -0.05) is 30.3 Å². The quantitative estimate of drug-likeness (QED) is 0.707. The lowest BCUT2D eigenvalue weighted by molar-refractivity contribution is 0.386. The topological polar surface area (TPSA) is 22.1 Å². The van der Waals surface area contributed by atoms with E-state index in [1.54, 1.807) is 18.5 Å². The molecule has 3 rings (SSSR count). The van der Waals surface area contributed by atoms with Crippen LogP contribution in [0.4, 0.5) is 4.39 Å². The molecule has 0 amide bonds. The van der Waals surface area contributed by atoms with E-state index in [1.165, 1.54) is 24.3 Å². The Bertz CT molecular complexity index is 754. The maximum atomic E-state index is 13.8. The molecule has 0 aliphatic heterocycles. The number of aromatic nitrogens is 1. The van der Waals surface area contributed by atoms with Gasteiger partial charge >= 0.3 is 0 Å². The van der Waals surface area contributed by atoms with Crippen molar-refractivity contribution < 1.29 is 9.13 Å². The van der Waals surface area contributed by atoms with Crippen LogP contribution >= 0.6 is 0 Å². The van der Waals surface area contributed by atoms with Crippen LogP contribution in [0.25, 0.3) is 11.1 Å². The van der Waals surface area contributed by atoms with Crippen LogP contribution in [0, 0.1) is 5.82 Å². The number of methoxy groups -OCH3 is 1. The molecule has 2 aromatic carbocycles. The molecule has 0 aliphatic carbocycles. The fourth-order valence-electron chi connectivity index (χ4n) is 2.40. The van der Waals surface area contributed by atoms with Crippen LogP contribution < -0.4 is 4.74 Å². The van der Waals surface area contributed by atoms with Gasteiger partial charge in [0.2, 0.25) is 0 Å². The Morgan fingerprint density at radius 1 is 0.864 bits per heavy atom. The Labute approximate surface area is 129 Å². The minimum atomic E-state index is -0.346. The highest BCUT2D eigenvalue weighted by Crippen LogP contribution is 2.26. The summed E-state index contributed by atoms with van der Waals surface area (Å²) in [5, 5.41) is 0. The molecule has 0 unspecified atom stereocenters. The summed E-state index contributed by atoms with van der Waals surface area (Å²) < 4.78 is 18.7. The van der Waals surface area contributed by atoms with Crippen molar-refractivity contribution in [1.82, 2.24) is 4.98 Å². The number of hydrogen-bond acceptors (Lipinski definition) is 2. The van der Waals surface area contributed by atoms with E-state index in [0.717, 1.165) is 17.5 Å². The minimum Gasteiger partial charge on any atom is -0.494 e. The van der Waals surface area contributed by atoms with Gasteiger partial charge in [0.05, 0.1) is 7.11 Å². The van der Waals surface area contributed by atoms with Gasteiger partial charge in [0.15, 0.2) is 11.6 Å². The third kappa shape index (κ3) is 3.14. The first-order chi connectivity index (χ1) is 10.8. The first-order valence-electron chi connectivity index (χ1n) is 7.08. The van der Waals surface area contributed by atoms with Crippen LogP contribution in [0.3, 0.4) is 0 Å². The first-order valence-corrected chi connectivity index (χ1v) is 7.08. The average Bonchev–Trinajstić information content (AvgIpc) is 2.56. The summed E-state index contributed by atoms with van der Waals surface area (Å²) >= 11 is 0. The number of nitrogens with zero attached hydrogens (tertiary/aromatic N) is 1. The zero-order valence-electron chi connectivity index (χ0n) is 12.3. The third-order valence-corrected chi connectivity index (χ3v) is 3.60. The molecule has 1 aromatic heterocycles. The van der Waals surface area contributed by atoms with Crippen molar-refractivity contribution in [3.8, 4) is 16.9 Å². The molecule has 0 fully saturated rings. The van der Waals surface area contributed by atoms with Crippen LogP contribution in [-0.2, 0) is 6.42 Å². The Hall–Kier alpha value is -2.68. The Kier molecular flexibility index (Phi) is 4.15. The monoisotopic (exact) mass is 293 g/mol. The number of rotatable bonds is 4. The lowest BCUT2D eigenvalue weighted by Gasteiger charge is -2.07. The lowest BCUT2D eigenvalue weighted by atomic mass is 10.0. The third-order valence-electron chi connectivity index (χ3n) is 3.60. The van der Waals surface area contributed by atoms with E-state index in [9.17, 15) is 4.39 Å². The van der Waals surface area contributed by atoms with Crippen LogP contribution in [0.15, 0.2) is 67.0 Å². The molecule has 0 radical (unpaired) electrons. The highest BCUT2D eigenvalue weighted by atomic mass is 19.1. The number of pyridine rings is 1. The van der Waals surface area contributed by atoms with Gasteiger partial charge in [-0.2, -0.15) is 0 Å². The van der Waals surface area contributed by atoms with Crippen molar-refractivity contribution in [3.63, 3.8) is 0 Å². The van der Waals surface area contributed by atoms with Gasteiger partial charge in [-0.15, -0.1) is 0 Å². The molecule has 1 heterocycles. The first kappa shape index (κ1) is 14.3. The zero-order valence-corrected chi connectivity index (χ0v) is 12.3. The second kappa shape index (κ2) is 6.39. The van der Waals surface area contributed by atoms with Crippen LogP contribution in [0.2, 0.25) is 0 Å². The average molecular weight is 293 g/mol. The molecule has 0 atom stereocenters. The smallest absolute Gasteiger partial charge is 0.165 e. The molecule has 22 heavy (non-hydrogen) atoms. The Balaban J connectivity index is 1.81. The zero-order chi connectivity index (χ0) is 15.4. The van der Waals surface area contributed by atoms with Crippen LogP contribution in [0.5, 0.6) is 5.75 Å². The number of benzene rings is 2. The number of hydrogen-bond donors (Lipinski definition) is 0. The van der Waals surface area contributed by atoms with E-state index in [-0.39, 0.29) is 11.6 Å².